The van der Waals surface area contributed by atoms with Crippen LogP contribution in [-0.2, 0) is 6.18 Å². The van der Waals surface area contributed by atoms with Gasteiger partial charge in [0.1, 0.15) is 5.75 Å². The summed E-state index contributed by atoms with van der Waals surface area (Å²) in [6.45, 7) is 0.478. The molecule has 120 valence electrons. The van der Waals surface area contributed by atoms with Crippen LogP contribution in [0.3, 0.4) is 0 Å². The number of ether oxygens (including phenoxy) is 1. The number of nitrogens with one attached hydrogen (secondary N) is 1. The van der Waals surface area contributed by atoms with E-state index in [1.165, 1.54) is 0 Å². The first-order valence-corrected chi connectivity index (χ1v) is 7.10. The van der Waals surface area contributed by atoms with Crippen molar-refractivity contribution in [1.82, 2.24) is 4.98 Å². The molecule has 1 aromatic heterocycles. The van der Waals surface area contributed by atoms with Crippen LogP contribution in [0.5, 0.6) is 5.75 Å². The highest BCUT2D eigenvalue weighted by atomic mass is 35.5. The van der Waals surface area contributed by atoms with Gasteiger partial charge in [0.25, 0.3) is 0 Å². The molecule has 3 rings (SSSR count). The maximum absolute atomic E-state index is 12.6. The minimum Gasteiger partial charge on any atom is -0.492 e. The van der Waals surface area contributed by atoms with Crippen molar-refractivity contribution in [2.45, 2.75) is 12.6 Å². The van der Waals surface area contributed by atoms with E-state index in [1.54, 1.807) is 0 Å². The summed E-state index contributed by atoms with van der Waals surface area (Å²) in [4.78, 5) is 3.68. The third-order valence-corrected chi connectivity index (χ3v) is 3.55. The zero-order valence-electron chi connectivity index (χ0n) is 11.7. The molecule has 1 aliphatic heterocycles. The van der Waals surface area contributed by atoms with Crippen LogP contribution in [-0.4, -0.2) is 17.3 Å². The van der Waals surface area contributed by atoms with Gasteiger partial charge < -0.3 is 4.74 Å². The van der Waals surface area contributed by atoms with E-state index < -0.39 is 11.7 Å². The molecule has 23 heavy (non-hydrogen) atoms. The maximum Gasteiger partial charge on any atom is 0.417 e. The van der Waals surface area contributed by atoms with E-state index in [2.05, 4.69) is 15.5 Å². The van der Waals surface area contributed by atoms with Crippen molar-refractivity contribution in [3.8, 4) is 5.75 Å². The van der Waals surface area contributed by atoms with Crippen LogP contribution in [0.15, 0.2) is 41.6 Å². The Morgan fingerprint density at radius 3 is 2.78 bits per heavy atom. The molecule has 0 fully saturated rings. The Bertz CT molecular complexity index is 762. The van der Waals surface area contributed by atoms with Gasteiger partial charge in [0, 0.05) is 18.2 Å². The van der Waals surface area contributed by atoms with Gasteiger partial charge in [0.15, 0.2) is 5.82 Å². The Balaban J connectivity index is 1.84. The molecular formula is C15H11ClF3N3O. The minimum atomic E-state index is -4.49. The number of hydrogen-bond donors (Lipinski definition) is 1. The lowest BCUT2D eigenvalue weighted by Gasteiger charge is -2.18. The van der Waals surface area contributed by atoms with Crippen LogP contribution >= 0.6 is 11.6 Å². The van der Waals surface area contributed by atoms with Gasteiger partial charge in [-0.1, -0.05) is 23.7 Å². The number of para-hydroxylation sites is 1. The topological polar surface area (TPSA) is 46.5 Å². The summed E-state index contributed by atoms with van der Waals surface area (Å²) in [5.41, 5.74) is 3.27. The number of fused-ring (bicyclic) bond motifs is 1. The van der Waals surface area contributed by atoms with Gasteiger partial charge in [0.2, 0.25) is 0 Å². The van der Waals surface area contributed by atoms with Crippen molar-refractivity contribution in [2.75, 3.05) is 12.0 Å². The van der Waals surface area contributed by atoms with Crippen molar-refractivity contribution < 1.29 is 17.9 Å². The van der Waals surface area contributed by atoms with Crippen molar-refractivity contribution >= 4 is 23.1 Å². The first-order chi connectivity index (χ1) is 10.9. The van der Waals surface area contributed by atoms with Gasteiger partial charge >= 0.3 is 6.18 Å². The first-order valence-electron chi connectivity index (χ1n) is 6.72. The summed E-state index contributed by atoms with van der Waals surface area (Å²) in [6, 6.07) is 8.20. The number of hydrogen-bond acceptors (Lipinski definition) is 4. The molecule has 0 atom stereocenters. The van der Waals surface area contributed by atoms with Crippen LogP contribution in [0.1, 0.15) is 17.5 Å². The zero-order valence-corrected chi connectivity index (χ0v) is 12.4. The van der Waals surface area contributed by atoms with Crippen LogP contribution in [0.2, 0.25) is 5.02 Å². The highest BCUT2D eigenvalue weighted by Gasteiger charge is 2.31. The lowest BCUT2D eigenvalue weighted by molar-refractivity contribution is -0.137. The number of rotatable bonds is 2. The Morgan fingerprint density at radius 2 is 2.04 bits per heavy atom. The van der Waals surface area contributed by atoms with E-state index in [4.69, 9.17) is 16.3 Å². The summed E-state index contributed by atoms with van der Waals surface area (Å²) in [6.07, 6.45) is -3.20. The number of alkyl halides is 3. The molecule has 1 aliphatic rings. The molecular weight excluding hydrogens is 331 g/mol. The van der Waals surface area contributed by atoms with Crippen molar-refractivity contribution in [3.05, 3.63) is 52.7 Å². The number of aromatic nitrogens is 1. The molecule has 0 amide bonds. The third-order valence-electron chi connectivity index (χ3n) is 3.26. The molecule has 2 heterocycles. The van der Waals surface area contributed by atoms with E-state index >= 15 is 0 Å². The predicted octanol–water partition coefficient (Wildman–Crippen LogP) is 4.35. The summed E-state index contributed by atoms with van der Waals surface area (Å²) >= 11 is 5.83. The van der Waals surface area contributed by atoms with E-state index in [1.807, 2.05) is 24.3 Å². The lowest BCUT2D eigenvalue weighted by Crippen LogP contribution is -2.17. The van der Waals surface area contributed by atoms with E-state index in [0.717, 1.165) is 17.3 Å². The normalized spacial score (nSPS) is 15.9. The van der Waals surface area contributed by atoms with Gasteiger partial charge in [-0.2, -0.15) is 18.3 Å². The highest BCUT2D eigenvalue weighted by Crippen LogP contribution is 2.32. The lowest BCUT2D eigenvalue weighted by atomic mass is 10.0. The molecule has 0 unspecified atom stereocenters. The number of hydrazone groups is 1. The van der Waals surface area contributed by atoms with Crippen molar-refractivity contribution in [1.29, 1.82) is 0 Å². The van der Waals surface area contributed by atoms with Gasteiger partial charge in [-0.3, -0.25) is 5.43 Å². The fourth-order valence-electron chi connectivity index (χ4n) is 2.14. The average Bonchev–Trinajstić information content (AvgIpc) is 2.53. The fourth-order valence-corrected chi connectivity index (χ4v) is 2.34. The number of nitrogens with zero attached hydrogens (tertiary/aromatic N) is 2. The van der Waals surface area contributed by atoms with Gasteiger partial charge in [-0.25, -0.2) is 4.98 Å². The molecule has 0 radical (unpaired) electrons. The second-order valence-electron chi connectivity index (χ2n) is 4.82. The summed E-state index contributed by atoms with van der Waals surface area (Å²) < 4.78 is 43.3. The number of benzene rings is 1. The SMILES string of the molecule is FC(F)(F)c1cnc(NN=C2CCOc3ccccc32)c(Cl)c1. The molecule has 4 nitrogen and oxygen atoms in total. The van der Waals surface area contributed by atoms with Crippen LogP contribution in [0, 0.1) is 0 Å². The molecule has 8 heteroatoms. The second kappa shape index (κ2) is 6.08. The molecule has 0 aliphatic carbocycles. The standard InChI is InChI=1S/C15H11ClF3N3O/c16-11-7-9(15(17,18)19)8-20-14(11)22-21-12-5-6-23-13-4-2-1-3-10(12)13/h1-4,7-8H,5-6H2,(H,20,22). The van der Waals surface area contributed by atoms with Gasteiger partial charge in [-0.15, -0.1) is 0 Å². The van der Waals surface area contributed by atoms with Crippen molar-refractivity contribution in [3.63, 3.8) is 0 Å². The quantitative estimate of drug-likeness (QED) is 0.826. The predicted molar refractivity (Wildman–Crippen MR) is 81.0 cm³/mol. The molecule has 1 aromatic carbocycles. The number of anilines is 1. The first kappa shape index (κ1) is 15.6. The summed E-state index contributed by atoms with van der Waals surface area (Å²) in [5.74, 6) is 0.780. The van der Waals surface area contributed by atoms with E-state index in [0.29, 0.717) is 25.0 Å². The van der Waals surface area contributed by atoms with Crippen LogP contribution in [0.25, 0.3) is 0 Å². The number of halogens is 4. The molecule has 0 bridgehead atoms. The third kappa shape index (κ3) is 3.39. The van der Waals surface area contributed by atoms with Gasteiger partial charge in [0.05, 0.1) is 22.9 Å². The van der Waals surface area contributed by atoms with E-state index in [-0.39, 0.29) is 10.8 Å². The molecule has 0 saturated heterocycles. The molecule has 2 aromatic rings. The highest BCUT2D eigenvalue weighted by molar-refractivity contribution is 6.33. The second-order valence-corrected chi connectivity index (χ2v) is 5.22. The van der Waals surface area contributed by atoms with Crippen molar-refractivity contribution in [2.24, 2.45) is 5.10 Å². The zero-order chi connectivity index (χ0) is 16.4. The molecule has 0 spiro atoms. The summed E-state index contributed by atoms with van der Waals surface area (Å²) in [5, 5.41) is 4.06. The fraction of sp³-hybridized carbons (Fsp3) is 0.200. The smallest absolute Gasteiger partial charge is 0.417 e. The monoisotopic (exact) mass is 341 g/mol. The van der Waals surface area contributed by atoms with Crippen LogP contribution in [0.4, 0.5) is 19.0 Å². The molecule has 1 N–H and O–H groups in total. The maximum atomic E-state index is 12.6. The van der Waals surface area contributed by atoms with Gasteiger partial charge in [-0.05, 0) is 18.2 Å². The Kier molecular flexibility index (Phi) is 4.12. The average molecular weight is 342 g/mol. The minimum absolute atomic E-state index is 0.0659. The Labute approximate surface area is 134 Å². The van der Waals surface area contributed by atoms with Crippen LogP contribution < -0.4 is 10.2 Å². The largest absolute Gasteiger partial charge is 0.492 e. The summed E-state index contributed by atoms with van der Waals surface area (Å²) in [7, 11) is 0. The Hall–Kier alpha value is -2.28. The van der Waals surface area contributed by atoms with E-state index in [9.17, 15) is 13.2 Å². The number of pyridine rings is 1. The Morgan fingerprint density at radius 1 is 1.26 bits per heavy atom. The molecule has 0 saturated carbocycles.